The summed E-state index contributed by atoms with van der Waals surface area (Å²) >= 11 is 5.64. The smallest absolute Gasteiger partial charge is 0.227 e. The molecule has 0 aromatic carbocycles. The van der Waals surface area contributed by atoms with Crippen LogP contribution in [0.5, 0.6) is 5.88 Å². The fourth-order valence-corrected chi connectivity index (χ4v) is 1.36. The van der Waals surface area contributed by atoms with Gasteiger partial charge < -0.3 is 9.72 Å². The van der Waals surface area contributed by atoms with Crippen molar-refractivity contribution >= 4 is 28.9 Å². The lowest BCUT2D eigenvalue weighted by Gasteiger charge is -1.99. The largest absolute Gasteiger partial charge is 0.480 e. The topological polar surface area (TPSA) is 67.9 Å². The number of nitrogens with one attached hydrogen (secondary N) is 1. The first kappa shape index (κ1) is 8.96. The molecule has 1 N–H and O–H groups in total. The Kier molecular flexibility index (Phi) is 2.09. The van der Waals surface area contributed by atoms with Gasteiger partial charge in [0.1, 0.15) is 5.65 Å². The van der Waals surface area contributed by atoms with Gasteiger partial charge >= 0.3 is 0 Å². The molecule has 6 heteroatoms. The van der Waals surface area contributed by atoms with Gasteiger partial charge in [0.05, 0.1) is 18.2 Å². The molecule has 0 saturated heterocycles. The Morgan fingerprint density at radius 2 is 2.36 bits per heavy atom. The number of aldehydes is 1. The number of hydrogen-bond acceptors (Lipinski definition) is 4. The van der Waals surface area contributed by atoms with E-state index in [1.807, 2.05) is 0 Å². The quantitative estimate of drug-likeness (QED) is 0.603. The highest BCUT2D eigenvalue weighted by Gasteiger charge is 2.09. The summed E-state index contributed by atoms with van der Waals surface area (Å²) in [5.41, 5.74) is 0.902. The van der Waals surface area contributed by atoms with Crippen LogP contribution < -0.4 is 4.74 Å². The highest BCUT2D eigenvalue weighted by molar-refractivity contribution is 6.28. The van der Waals surface area contributed by atoms with Crippen molar-refractivity contribution < 1.29 is 9.53 Å². The van der Waals surface area contributed by atoms with E-state index in [2.05, 4.69) is 15.0 Å². The van der Waals surface area contributed by atoms with Crippen LogP contribution in [0.15, 0.2) is 6.07 Å². The summed E-state index contributed by atoms with van der Waals surface area (Å²) in [6.07, 6.45) is 0.690. The summed E-state index contributed by atoms with van der Waals surface area (Å²) in [5, 5.41) is 0.715. The Labute approximate surface area is 84.1 Å². The number of H-pyrrole nitrogens is 1. The zero-order chi connectivity index (χ0) is 10.1. The van der Waals surface area contributed by atoms with Gasteiger partial charge in [-0.3, -0.25) is 4.79 Å². The zero-order valence-electron chi connectivity index (χ0n) is 7.24. The summed E-state index contributed by atoms with van der Waals surface area (Å²) in [4.78, 5) is 21.1. The molecule has 72 valence electrons. The fourth-order valence-electron chi connectivity index (χ4n) is 1.20. The molecule has 2 aromatic rings. The van der Waals surface area contributed by atoms with Crippen LogP contribution in [0.3, 0.4) is 0 Å². The number of methoxy groups -OCH3 is 1. The van der Waals surface area contributed by atoms with Crippen LogP contribution in [-0.4, -0.2) is 28.3 Å². The number of halogens is 1. The summed E-state index contributed by atoms with van der Waals surface area (Å²) in [6.45, 7) is 0. The van der Waals surface area contributed by atoms with E-state index < -0.39 is 0 Å². The van der Waals surface area contributed by atoms with E-state index in [1.54, 1.807) is 6.07 Å². The first-order valence-electron chi connectivity index (χ1n) is 3.80. The maximum absolute atomic E-state index is 10.5. The molecular formula is C8H6ClN3O2. The third-order valence-electron chi connectivity index (χ3n) is 1.77. The minimum atomic E-state index is 0.0775. The standard InChI is InChI=1S/C8H6ClN3O2/c1-14-7-5-2-4(3-13)10-6(5)11-8(9)12-7/h2-3H,1H3,(H,10,11,12). The van der Waals surface area contributed by atoms with Gasteiger partial charge in [-0.25, -0.2) is 0 Å². The van der Waals surface area contributed by atoms with Crippen LogP contribution in [-0.2, 0) is 0 Å². The van der Waals surface area contributed by atoms with Crippen molar-refractivity contribution in [3.8, 4) is 5.88 Å². The second-order valence-electron chi connectivity index (χ2n) is 2.61. The monoisotopic (exact) mass is 211 g/mol. The minimum absolute atomic E-state index is 0.0775. The molecule has 0 aliphatic rings. The van der Waals surface area contributed by atoms with Gasteiger partial charge in [0.2, 0.25) is 11.2 Å². The normalized spacial score (nSPS) is 10.4. The third-order valence-corrected chi connectivity index (χ3v) is 1.94. The average Bonchev–Trinajstić information content (AvgIpc) is 2.59. The molecule has 0 fully saturated rings. The summed E-state index contributed by atoms with van der Waals surface area (Å²) in [5.74, 6) is 0.351. The molecule has 2 rings (SSSR count). The Morgan fingerprint density at radius 1 is 1.57 bits per heavy atom. The number of carbonyl (C=O) groups excluding carboxylic acids is 1. The van der Waals surface area contributed by atoms with Crippen LogP contribution in [0.1, 0.15) is 10.5 Å². The number of aromatic amines is 1. The number of ether oxygens (including phenoxy) is 1. The SMILES string of the molecule is COc1nc(Cl)nc2[nH]c(C=O)cc12. The predicted molar refractivity (Wildman–Crippen MR) is 50.8 cm³/mol. The van der Waals surface area contributed by atoms with Crippen molar-refractivity contribution in [2.75, 3.05) is 7.11 Å². The number of hydrogen-bond donors (Lipinski definition) is 1. The Hall–Kier alpha value is -1.62. The lowest BCUT2D eigenvalue weighted by Crippen LogP contribution is -1.91. The van der Waals surface area contributed by atoms with Crippen LogP contribution >= 0.6 is 11.6 Å². The van der Waals surface area contributed by atoms with E-state index in [1.165, 1.54) is 7.11 Å². The maximum atomic E-state index is 10.5. The number of carbonyl (C=O) groups is 1. The first-order valence-corrected chi connectivity index (χ1v) is 4.18. The van der Waals surface area contributed by atoms with E-state index in [0.29, 0.717) is 28.9 Å². The average molecular weight is 212 g/mol. The highest BCUT2D eigenvalue weighted by Crippen LogP contribution is 2.23. The second kappa shape index (κ2) is 3.26. The van der Waals surface area contributed by atoms with Crippen molar-refractivity contribution in [1.82, 2.24) is 15.0 Å². The van der Waals surface area contributed by atoms with Gasteiger partial charge in [-0.1, -0.05) is 0 Å². The van der Waals surface area contributed by atoms with E-state index in [9.17, 15) is 4.79 Å². The molecule has 0 unspecified atom stereocenters. The molecule has 2 aromatic heterocycles. The number of nitrogens with zero attached hydrogens (tertiary/aromatic N) is 2. The van der Waals surface area contributed by atoms with Crippen LogP contribution in [0.4, 0.5) is 0 Å². The number of rotatable bonds is 2. The maximum Gasteiger partial charge on any atom is 0.227 e. The molecule has 5 nitrogen and oxygen atoms in total. The predicted octanol–water partition coefficient (Wildman–Crippen LogP) is 1.43. The third kappa shape index (κ3) is 1.31. The molecule has 0 atom stereocenters. The Balaban J connectivity index is 2.77. The zero-order valence-corrected chi connectivity index (χ0v) is 8.00. The molecule has 0 aliphatic heterocycles. The van der Waals surface area contributed by atoms with E-state index in [-0.39, 0.29) is 5.28 Å². The van der Waals surface area contributed by atoms with Crippen LogP contribution in [0.25, 0.3) is 11.0 Å². The number of fused-ring (bicyclic) bond motifs is 1. The van der Waals surface area contributed by atoms with Crippen molar-refractivity contribution in [3.63, 3.8) is 0 Å². The molecule has 0 amide bonds. The highest BCUT2D eigenvalue weighted by atomic mass is 35.5. The summed E-state index contributed by atoms with van der Waals surface area (Å²) in [6, 6.07) is 1.61. The van der Waals surface area contributed by atoms with Crippen LogP contribution in [0, 0.1) is 0 Å². The molecule has 2 heterocycles. The number of aromatic nitrogens is 3. The van der Waals surface area contributed by atoms with Crippen LogP contribution in [0.2, 0.25) is 5.28 Å². The molecular weight excluding hydrogens is 206 g/mol. The van der Waals surface area contributed by atoms with Gasteiger partial charge in [0, 0.05) is 0 Å². The Bertz CT molecular complexity index is 495. The van der Waals surface area contributed by atoms with Crippen molar-refractivity contribution in [3.05, 3.63) is 17.0 Å². The van der Waals surface area contributed by atoms with Gasteiger partial charge in [-0.05, 0) is 17.7 Å². The van der Waals surface area contributed by atoms with Crippen molar-refractivity contribution in [2.24, 2.45) is 0 Å². The Morgan fingerprint density at radius 3 is 3.00 bits per heavy atom. The second-order valence-corrected chi connectivity index (χ2v) is 2.94. The van der Waals surface area contributed by atoms with Crippen molar-refractivity contribution in [1.29, 1.82) is 0 Å². The fraction of sp³-hybridized carbons (Fsp3) is 0.125. The molecule has 0 radical (unpaired) electrons. The van der Waals surface area contributed by atoms with E-state index in [0.717, 1.165) is 0 Å². The summed E-state index contributed by atoms with van der Waals surface area (Å²) in [7, 11) is 1.48. The van der Waals surface area contributed by atoms with Gasteiger partial charge in [-0.15, -0.1) is 0 Å². The minimum Gasteiger partial charge on any atom is -0.480 e. The lowest BCUT2D eigenvalue weighted by atomic mass is 10.3. The lowest BCUT2D eigenvalue weighted by molar-refractivity contribution is 0.112. The molecule has 14 heavy (non-hydrogen) atoms. The molecule has 0 aliphatic carbocycles. The molecule has 0 bridgehead atoms. The molecule has 0 saturated carbocycles. The van der Waals surface area contributed by atoms with E-state index >= 15 is 0 Å². The summed E-state index contributed by atoms with van der Waals surface area (Å²) < 4.78 is 4.99. The van der Waals surface area contributed by atoms with Crippen molar-refractivity contribution in [2.45, 2.75) is 0 Å². The van der Waals surface area contributed by atoms with Gasteiger partial charge in [-0.2, -0.15) is 9.97 Å². The molecule has 0 spiro atoms. The first-order chi connectivity index (χ1) is 6.74. The van der Waals surface area contributed by atoms with Gasteiger partial charge in [0.25, 0.3) is 0 Å². The van der Waals surface area contributed by atoms with Gasteiger partial charge in [0.15, 0.2) is 6.29 Å². The van der Waals surface area contributed by atoms with E-state index in [4.69, 9.17) is 16.3 Å².